The zero-order chi connectivity index (χ0) is 20.5. The first-order valence-electron chi connectivity index (χ1n) is 8.86. The molecule has 4 rings (SSSR count). The van der Waals surface area contributed by atoms with Gasteiger partial charge in [-0.2, -0.15) is 0 Å². The van der Waals surface area contributed by atoms with E-state index in [0.29, 0.717) is 16.5 Å². The fraction of sp³-hybridized carbons (Fsp3) is 0.0952. The summed E-state index contributed by atoms with van der Waals surface area (Å²) in [6.07, 6.45) is 1.48. The van der Waals surface area contributed by atoms with E-state index in [1.54, 1.807) is 35.6 Å². The number of hydrogen-bond donors (Lipinski definition) is 3. The number of aryl methyl sites for hydroxylation is 2. The van der Waals surface area contributed by atoms with Crippen LogP contribution in [0.5, 0.6) is 0 Å². The van der Waals surface area contributed by atoms with Crippen molar-refractivity contribution in [2.75, 3.05) is 16.4 Å². The average molecular weight is 424 g/mol. The maximum Gasteiger partial charge on any atom is 0.323 e. The van der Waals surface area contributed by atoms with Crippen molar-refractivity contribution in [2.24, 2.45) is 0 Å². The second-order valence-corrected chi connectivity index (χ2v) is 8.23. The van der Waals surface area contributed by atoms with E-state index in [4.69, 9.17) is 17.3 Å². The summed E-state index contributed by atoms with van der Waals surface area (Å²) in [6, 6.07) is 12.5. The van der Waals surface area contributed by atoms with Crippen LogP contribution in [-0.4, -0.2) is 16.0 Å². The zero-order valence-corrected chi connectivity index (χ0v) is 17.4. The minimum Gasteiger partial charge on any atom is -0.383 e. The molecule has 0 spiro atoms. The van der Waals surface area contributed by atoms with Crippen LogP contribution < -0.4 is 16.4 Å². The molecule has 0 aliphatic rings. The molecule has 2 amide bonds. The van der Waals surface area contributed by atoms with Crippen molar-refractivity contribution in [2.45, 2.75) is 13.8 Å². The van der Waals surface area contributed by atoms with Crippen molar-refractivity contribution in [3.05, 3.63) is 64.3 Å². The molecule has 0 bridgehead atoms. The highest BCUT2D eigenvalue weighted by Crippen LogP contribution is 2.40. The first-order chi connectivity index (χ1) is 13.9. The Morgan fingerprint density at radius 3 is 2.69 bits per heavy atom. The Hall–Kier alpha value is -3.16. The number of thiophene rings is 1. The molecule has 2 aromatic heterocycles. The van der Waals surface area contributed by atoms with Crippen LogP contribution in [-0.2, 0) is 0 Å². The molecule has 4 aromatic rings. The summed E-state index contributed by atoms with van der Waals surface area (Å²) in [5, 5.41) is 7.08. The van der Waals surface area contributed by atoms with Crippen molar-refractivity contribution < 1.29 is 4.79 Å². The number of aromatic nitrogens is 2. The van der Waals surface area contributed by atoms with Crippen LogP contribution in [0.25, 0.3) is 21.3 Å². The molecule has 146 valence electrons. The number of nitrogen functional groups attached to an aromatic ring is 1. The number of amides is 2. The summed E-state index contributed by atoms with van der Waals surface area (Å²) in [5.41, 5.74) is 10.4. The van der Waals surface area contributed by atoms with Gasteiger partial charge in [-0.3, -0.25) is 0 Å². The summed E-state index contributed by atoms with van der Waals surface area (Å²) >= 11 is 7.55. The lowest BCUT2D eigenvalue weighted by atomic mass is 10.0. The summed E-state index contributed by atoms with van der Waals surface area (Å²) < 4.78 is 0. The highest BCUT2D eigenvalue weighted by molar-refractivity contribution is 7.19. The molecule has 4 N–H and O–H groups in total. The Morgan fingerprint density at radius 1 is 1.10 bits per heavy atom. The molecule has 2 aromatic carbocycles. The van der Waals surface area contributed by atoms with E-state index < -0.39 is 0 Å². The maximum atomic E-state index is 12.3. The lowest BCUT2D eigenvalue weighted by Gasteiger charge is -2.12. The smallest absolute Gasteiger partial charge is 0.323 e. The second-order valence-electron chi connectivity index (χ2n) is 6.59. The first-order valence-corrected chi connectivity index (χ1v) is 10.1. The van der Waals surface area contributed by atoms with Crippen molar-refractivity contribution in [1.82, 2.24) is 9.97 Å². The number of nitrogens with two attached hydrogens (primary N) is 1. The Kier molecular flexibility index (Phi) is 5.08. The van der Waals surface area contributed by atoms with Gasteiger partial charge in [0.1, 0.15) is 17.0 Å². The van der Waals surface area contributed by atoms with Gasteiger partial charge in [-0.1, -0.05) is 23.7 Å². The van der Waals surface area contributed by atoms with Crippen molar-refractivity contribution in [3.63, 3.8) is 0 Å². The van der Waals surface area contributed by atoms with Gasteiger partial charge in [0.05, 0.1) is 5.39 Å². The third-order valence-corrected chi connectivity index (χ3v) is 5.79. The Balaban J connectivity index is 1.61. The van der Waals surface area contributed by atoms with Gasteiger partial charge in [-0.15, -0.1) is 11.3 Å². The van der Waals surface area contributed by atoms with Crippen molar-refractivity contribution >= 4 is 56.4 Å². The molecule has 0 saturated heterocycles. The second kappa shape index (κ2) is 7.69. The molecule has 0 aliphatic heterocycles. The molecule has 29 heavy (non-hydrogen) atoms. The van der Waals surface area contributed by atoms with Crippen LogP contribution >= 0.6 is 22.9 Å². The minimum atomic E-state index is -0.335. The van der Waals surface area contributed by atoms with Crippen LogP contribution in [0, 0.1) is 13.8 Å². The summed E-state index contributed by atoms with van der Waals surface area (Å²) in [6.45, 7) is 3.99. The number of nitrogens with one attached hydrogen (secondary N) is 2. The number of hydrogen-bond acceptors (Lipinski definition) is 5. The highest BCUT2D eigenvalue weighted by atomic mass is 35.5. The van der Waals surface area contributed by atoms with Crippen LogP contribution in [0.3, 0.4) is 0 Å². The largest absolute Gasteiger partial charge is 0.383 e. The molecule has 0 fully saturated rings. The third kappa shape index (κ3) is 3.87. The molecule has 0 saturated carbocycles. The number of urea groups is 1. The summed E-state index contributed by atoms with van der Waals surface area (Å²) in [4.78, 5) is 22.8. The van der Waals surface area contributed by atoms with Gasteiger partial charge in [0.2, 0.25) is 0 Å². The van der Waals surface area contributed by atoms with Gasteiger partial charge in [-0.05, 0) is 55.3 Å². The monoisotopic (exact) mass is 423 g/mol. The number of carbonyl (C=O) groups is 1. The van der Waals surface area contributed by atoms with Crippen LogP contribution in [0.1, 0.15) is 10.4 Å². The van der Waals surface area contributed by atoms with Crippen molar-refractivity contribution in [3.8, 4) is 11.1 Å². The Bertz CT molecular complexity index is 1240. The number of carbonyl (C=O) groups excluding carboxylic acids is 1. The van der Waals surface area contributed by atoms with Crippen LogP contribution in [0.2, 0.25) is 5.02 Å². The molecule has 6 nitrogen and oxygen atoms in total. The number of rotatable bonds is 3. The summed E-state index contributed by atoms with van der Waals surface area (Å²) in [7, 11) is 0. The number of fused-ring (bicyclic) bond motifs is 1. The van der Waals surface area contributed by atoms with E-state index in [1.165, 1.54) is 6.33 Å². The van der Waals surface area contributed by atoms with Gasteiger partial charge < -0.3 is 16.4 Å². The predicted octanol–water partition coefficient (Wildman–Crippen LogP) is 5.85. The molecule has 0 aliphatic carbocycles. The highest BCUT2D eigenvalue weighted by Gasteiger charge is 2.16. The molecular formula is C21H18ClN5OS. The molecule has 0 atom stereocenters. The van der Waals surface area contributed by atoms with E-state index in [2.05, 4.69) is 20.6 Å². The van der Waals surface area contributed by atoms with Crippen LogP contribution in [0.15, 0.2) is 48.8 Å². The molecule has 0 radical (unpaired) electrons. The first kappa shape index (κ1) is 19.2. The number of anilines is 3. The van der Waals surface area contributed by atoms with Crippen LogP contribution in [0.4, 0.5) is 22.0 Å². The topological polar surface area (TPSA) is 92.9 Å². The van der Waals surface area contributed by atoms with Gasteiger partial charge in [0, 0.05) is 26.8 Å². The molecular weight excluding hydrogens is 406 g/mol. The lowest BCUT2D eigenvalue weighted by molar-refractivity contribution is 0.262. The number of benzene rings is 2. The maximum absolute atomic E-state index is 12.3. The van der Waals surface area contributed by atoms with E-state index in [9.17, 15) is 4.79 Å². The minimum absolute atomic E-state index is 0.335. The standard InChI is InChI=1S/C21H18ClN5OS/c1-11-8-13(17-12(2)29-20-18(17)19(23)24-10-25-20)6-7-16(11)27-21(28)26-15-5-3-4-14(22)9-15/h3-10H,1-2H3,(H2,23,24,25)(H2,26,27,28). The van der Waals surface area contributed by atoms with Gasteiger partial charge >= 0.3 is 6.03 Å². The quantitative estimate of drug-likeness (QED) is 0.385. The van der Waals surface area contributed by atoms with Gasteiger partial charge in [-0.25, -0.2) is 14.8 Å². The fourth-order valence-electron chi connectivity index (χ4n) is 3.22. The molecule has 2 heterocycles. The SMILES string of the molecule is Cc1cc(-c2c(C)sc3ncnc(N)c23)ccc1NC(=O)Nc1cccc(Cl)c1. The predicted molar refractivity (Wildman–Crippen MR) is 121 cm³/mol. The van der Waals surface area contributed by atoms with Gasteiger partial charge in [0.15, 0.2) is 0 Å². The average Bonchev–Trinajstić information content (AvgIpc) is 3.00. The summed E-state index contributed by atoms with van der Waals surface area (Å²) in [5.74, 6) is 0.468. The van der Waals surface area contributed by atoms with E-state index in [0.717, 1.165) is 37.5 Å². The third-order valence-electron chi connectivity index (χ3n) is 4.54. The van der Waals surface area contributed by atoms with Crippen molar-refractivity contribution in [1.29, 1.82) is 0 Å². The molecule has 8 heteroatoms. The normalized spacial score (nSPS) is 10.9. The Labute approximate surface area is 176 Å². The van der Waals surface area contributed by atoms with E-state index in [-0.39, 0.29) is 6.03 Å². The van der Waals surface area contributed by atoms with E-state index in [1.807, 2.05) is 32.0 Å². The lowest BCUT2D eigenvalue weighted by Crippen LogP contribution is -2.19. The number of halogens is 1. The number of nitrogens with zero attached hydrogens (tertiary/aromatic N) is 2. The van der Waals surface area contributed by atoms with E-state index >= 15 is 0 Å². The fourth-order valence-corrected chi connectivity index (χ4v) is 4.44. The Morgan fingerprint density at radius 2 is 1.93 bits per heavy atom. The zero-order valence-electron chi connectivity index (χ0n) is 15.8. The van der Waals surface area contributed by atoms with Gasteiger partial charge in [0.25, 0.3) is 0 Å². The molecule has 0 unspecified atom stereocenters.